The highest BCUT2D eigenvalue weighted by Gasteiger charge is 2.13. The molecule has 5 heteroatoms. The van der Waals surface area contributed by atoms with Crippen molar-refractivity contribution in [1.29, 1.82) is 0 Å². The Hall–Kier alpha value is -2.39. The summed E-state index contributed by atoms with van der Waals surface area (Å²) in [5.41, 5.74) is 8.75. The van der Waals surface area contributed by atoms with Gasteiger partial charge in [-0.25, -0.2) is 4.79 Å². The topological polar surface area (TPSA) is 82.9 Å². The first-order valence-corrected chi connectivity index (χ1v) is 4.45. The predicted octanol–water partition coefficient (Wildman–Crippen LogP) is 1.46. The Labute approximate surface area is 92.2 Å². The van der Waals surface area contributed by atoms with Crippen LogP contribution in [0.2, 0.25) is 0 Å². The summed E-state index contributed by atoms with van der Waals surface area (Å²) in [6, 6.07) is 7.00. The number of rotatable bonds is 4. The summed E-state index contributed by atoms with van der Waals surface area (Å²) in [5.74, 6) is -0.571. The molecule has 1 N–H and O–H groups in total. The second-order valence-electron chi connectivity index (χ2n) is 2.90. The quantitative estimate of drug-likeness (QED) is 0.471. The summed E-state index contributed by atoms with van der Waals surface area (Å²) in [6.07, 6.45) is 2.74. The molecule has 0 aromatic heterocycles. The van der Waals surface area contributed by atoms with Crippen molar-refractivity contribution in [1.82, 2.24) is 0 Å². The molecule has 0 saturated heterocycles. The molecule has 0 unspecified atom stereocenters. The first-order valence-electron chi connectivity index (χ1n) is 4.45. The molecular formula is C11H10N2O3. The lowest BCUT2D eigenvalue weighted by Crippen LogP contribution is -2.10. The lowest BCUT2D eigenvalue weighted by Gasteiger charge is -1.98. The molecule has 0 amide bonds. The highest BCUT2D eigenvalue weighted by Crippen LogP contribution is 2.12. The number of carboxylic acid groups (broad SMARTS) is 1. The molecule has 0 spiro atoms. The van der Waals surface area contributed by atoms with E-state index < -0.39 is 11.7 Å². The van der Waals surface area contributed by atoms with Crippen LogP contribution in [0.15, 0.2) is 30.3 Å². The van der Waals surface area contributed by atoms with Crippen LogP contribution in [0.3, 0.4) is 0 Å². The molecule has 1 rings (SSSR count). The summed E-state index contributed by atoms with van der Waals surface area (Å²) in [7, 11) is 1.56. The van der Waals surface area contributed by atoms with Crippen LogP contribution >= 0.6 is 0 Å². The number of carboxylic acids is 1. The maximum atomic E-state index is 10.5. The van der Waals surface area contributed by atoms with Crippen LogP contribution in [0.4, 0.5) is 0 Å². The summed E-state index contributed by atoms with van der Waals surface area (Å²) in [6.45, 7) is 0. The third-order valence-corrected chi connectivity index (χ3v) is 1.88. The lowest BCUT2D eigenvalue weighted by atomic mass is 10.2. The average molecular weight is 218 g/mol. The van der Waals surface area contributed by atoms with Crippen molar-refractivity contribution in [2.24, 2.45) is 0 Å². The Morgan fingerprint density at radius 2 is 2.06 bits per heavy atom. The van der Waals surface area contributed by atoms with Crippen molar-refractivity contribution in [3.05, 3.63) is 41.4 Å². The van der Waals surface area contributed by atoms with Gasteiger partial charge in [0.05, 0.1) is 7.11 Å². The van der Waals surface area contributed by atoms with Gasteiger partial charge >= 0.3 is 11.7 Å². The van der Waals surface area contributed by atoms with Crippen molar-refractivity contribution in [2.75, 3.05) is 7.11 Å². The normalized spacial score (nSPS) is 9.81. The molecule has 5 nitrogen and oxygen atoms in total. The van der Waals surface area contributed by atoms with Gasteiger partial charge in [0.2, 0.25) is 0 Å². The van der Waals surface area contributed by atoms with Gasteiger partial charge in [0, 0.05) is 6.08 Å². The number of hydrogen-bond acceptors (Lipinski definition) is 2. The molecule has 0 bridgehead atoms. The first kappa shape index (κ1) is 11.7. The molecule has 0 radical (unpaired) electrons. The van der Waals surface area contributed by atoms with E-state index in [1.807, 2.05) is 0 Å². The van der Waals surface area contributed by atoms with Crippen LogP contribution in [-0.4, -0.2) is 28.7 Å². The molecule has 0 aliphatic rings. The van der Waals surface area contributed by atoms with E-state index in [4.69, 9.17) is 15.4 Å². The number of nitrogens with zero attached hydrogens (tertiary/aromatic N) is 2. The molecule has 0 aliphatic heterocycles. The zero-order chi connectivity index (χ0) is 12.0. The standard InChI is InChI=1S/C11H10N2O3/c1-16-9-5-2-8(3-6-9)4-7-10(13-12)11(14)15/h2-7H,1H3,(H,14,15)/b7-4+. The van der Waals surface area contributed by atoms with Gasteiger partial charge in [-0.15, -0.1) is 0 Å². The fourth-order valence-corrected chi connectivity index (χ4v) is 1.04. The number of benzene rings is 1. The van der Waals surface area contributed by atoms with Crippen molar-refractivity contribution < 1.29 is 19.4 Å². The van der Waals surface area contributed by atoms with E-state index in [2.05, 4.69) is 4.79 Å². The zero-order valence-corrected chi connectivity index (χ0v) is 8.62. The molecule has 16 heavy (non-hydrogen) atoms. The Morgan fingerprint density at radius 1 is 1.44 bits per heavy atom. The smallest absolute Gasteiger partial charge is 0.419 e. The Kier molecular flexibility index (Phi) is 4.00. The fourth-order valence-electron chi connectivity index (χ4n) is 1.04. The minimum atomic E-state index is -1.28. The van der Waals surface area contributed by atoms with Gasteiger partial charge in [-0.05, 0) is 23.8 Å². The molecule has 0 saturated carbocycles. The van der Waals surface area contributed by atoms with E-state index in [9.17, 15) is 4.79 Å². The summed E-state index contributed by atoms with van der Waals surface area (Å²) in [4.78, 5) is 13.1. The summed E-state index contributed by atoms with van der Waals surface area (Å²) >= 11 is 0. The monoisotopic (exact) mass is 218 g/mol. The molecule has 0 atom stereocenters. The highest BCUT2D eigenvalue weighted by atomic mass is 16.5. The van der Waals surface area contributed by atoms with Crippen LogP contribution in [-0.2, 0) is 4.79 Å². The fraction of sp³-hybridized carbons (Fsp3) is 0.0909. The Balaban J connectivity index is 2.84. The lowest BCUT2D eigenvalue weighted by molar-refractivity contribution is -0.133. The third kappa shape index (κ3) is 3.08. The number of methoxy groups -OCH3 is 1. The van der Waals surface area contributed by atoms with Gasteiger partial charge < -0.3 is 15.4 Å². The van der Waals surface area contributed by atoms with Crippen molar-refractivity contribution in [2.45, 2.75) is 0 Å². The summed E-state index contributed by atoms with van der Waals surface area (Å²) in [5, 5.41) is 8.57. The SMILES string of the molecule is COc1ccc(/C=C/C(=[N+]=[N-])C(=O)O)cc1. The van der Waals surface area contributed by atoms with E-state index >= 15 is 0 Å². The zero-order valence-electron chi connectivity index (χ0n) is 8.62. The third-order valence-electron chi connectivity index (χ3n) is 1.88. The minimum absolute atomic E-state index is 0.421. The van der Waals surface area contributed by atoms with Crippen LogP contribution in [0.5, 0.6) is 5.75 Å². The van der Waals surface area contributed by atoms with Crippen LogP contribution in [0, 0.1) is 0 Å². The number of carbonyl (C=O) groups is 1. The second kappa shape index (κ2) is 5.48. The van der Waals surface area contributed by atoms with Gasteiger partial charge in [0.15, 0.2) is 0 Å². The van der Waals surface area contributed by atoms with Gasteiger partial charge in [0.1, 0.15) is 5.75 Å². The molecule has 0 aliphatic carbocycles. The minimum Gasteiger partial charge on any atom is -0.497 e. The first-order chi connectivity index (χ1) is 7.67. The predicted molar refractivity (Wildman–Crippen MR) is 58.3 cm³/mol. The maximum absolute atomic E-state index is 10.5. The number of hydrogen-bond donors (Lipinski definition) is 1. The van der Waals surface area contributed by atoms with E-state index in [-0.39, 0.29) is 0 Å². The van der Waals surface area contributed by atoms with Gasteiger partial charge in [0.25, 0.3) is 0 Å². The van der Waals surface area contributed by atoms with Crippen LogP contribution < -0.4 is 4.74 Å². The van der Waals surface area contributed by atoms with E-state index in [1.54, 1.807) is 31.4 Å². The number of aliphatic carboxylic acids is 1. The Bertz CT molecular complexity index is 457. The highest BCUT2D eigenvalue weighted by molar-refractivity contribution is 6.38. The van der Waals surface area contributed by atoms with Crippen molar-refractivity contribution in [3.63, 3.8) is 0 Å². The molecule has 0 fully saturated rings. The Morgan fingerprint density at radius 3 is 2.50 bits per heavy atom. The van der Waals surface area contributed by atoms with E-state index in [0.717, 1.165) is 5.56 Å². The summed E-state index contributed by atoms with van der Waals surface area (Å²) < 4.78 is 4.97. The van der Waals surface area contributed by atoms with Crippen LogP contribution in [0.1, 0.15) is 5.56 Å². The van der Waals surface area contributed by atoms with E-state index in [0.29, 0.717) is 5.75 Å². The van der Waals surface area contributed by atoms with Gasteiger partial charge in [-0.1, -0.05) is 12.1 Å². The van der Waals surface area contributed by atoms with Crippen LogP contribution in [0.25, 0.3) is 11.6 Å². The average Bonchev–Trinajstić information content (AvgIpc) is 2.30. The number of ether oxygens (including phenoxy) is 1. The van der Waals surface area contributed by atoms with Crippen molar-refractivity contribution in [3.8, 4) is 5.75 Å². The second-order valence-corrected chi connectivity index (χ2v) is 2.90. The van der Waals surface area contributed by atoms with Crippen molar-refractivity contribution >= 4 is 17.8 Å². The van der Waals surface area contributed by atoms with E-state index in [1.165, 1.54) is 12.2 Å². The molecular weight excluding hydrogens is 208 g/mol. The largest absolute Gasteiger partial charge is 0.497 e. The molecule has 1 aromatic carbocycles. The van der Waals surface area contributed by atoms with Gasteiger partial charge in [-0.2, -0.15) is 4.79 Å². The maximum Gasteiger partial charge on any atom is 0.419 e. The van der Waals surface area contributed by atoms with Gasteiger partial charge in [-0.3, -0.25) is 0 Å². The molecule has 1 aromatic rings. The molecule has 0 heterocycles. The molecule has 82 valence electrons.